The van der Waals surface area contributed by atoms with E-state index in [1.165, 1.54) is 31.4 Å². The summed E-state index contributed by atoms with van der Waals surface area (Å²) in [6.45, 7) is 7.10. The van der Waals surface area contributed by atoms with Gasteiger partial charge in [0.1, 0.15) is 0 Å². The summed E-state index contributed by atoms with van der Waals surface area (Å²) in [5.74, 6) is 1.23. The molecule has 0 aliphatic carbocycles. The molecule has 1 unspecified atom stereocenters. The van der Waals surface area contributed by atoms with Crippen molar-refractivity contribution in [3.63, 3.8) is 0 Å². The molecule has 4 heteroatoms. The van der Waals surface area contributed by atoms with Gasteiger partial charge in [-0.05, 0) is 37.7 Å². The SMILES string of the molecule is CCC(CC)N(CCOC)C(CN)CCCSC. The molecule has 0 heterocycles. The van der Waals surface area contributed by atoms with Crippen LogP contribution in [-0.2, 0) is 4.74 Å². The van der Waals surface area contributed by atoms with Gasteiger partial charge in [0, 0.05) is 32.3 Å². The number of rotatable bonds is 12. The fourth-order valence-corrected chi connectivity index (χ4v) is 2.96. The van der Waals surface area contributed by atoms with Crippen molar-refractivity contribution in [1.29, 1.82) is 0 Å². The highest BCUT2D eigenvalue weighted by molar-refractivity contribution is 7.98. The van der Waals surface area contributed by atoms with Gasteiger partial charge in [-0.3, -0.25) is 4.90 Å². The molecule has 0 radical (unpaired) electrons. The average molecular weight is 276 g/mol. The van der Waals surface area contributed by atoms with Crippen molar-refractivity contribution in [2.75, 3.05) is 38.8 Å². The van der Waals surface area contributed by atoms with E-state index < -0.39 is 0 Å². The lowest BCUT2D eigenvalue weighted by atomic mass is 10.0. The number of hydrogen-bond donors (Lipinski definition) is 1. The first-order valence-electron chi connectivity index (χ1n) is 7.18. The van der Waals surface area contributed by atoms with E-state index >= 15 is 0 Å². The fourth-order valence-electron chi connectivity index (χ4n) is 2.50. The molecule has 0 aliphatic rings. The van der Waals surface area contributed by atoms with Crippen LogP contribution in [0.5, 0.6) is 0 Å². The molecule has 3 nitrogen and oxygen atoms in total. The van der Waals surface area contributed by atoms with E-state index in [2.05, 4.69) is 25.0 Å². The second-order valence-corrected chi connectivity index (χ2v) is 5.71. The summed E-state index contributed by atoms with van der Waals surface area (Å²) in [6.07, 6.45) is 7.02. The number of nitrogens with zero attached hydrogens (tertiary/aromatic N) is 1. The Balaban J connectivity index is 4.44. The van der Waals surface area contributed by atoms with Gasteiger partial charge in [-0.1, -0.05) is 13.8 Å². The van der Waals surface area contributed by atoms with Crippen LogP contribution < -0.4 is 5.73 Å². The molecule has 1 atom stereocenters. The highest BCUT2D eigenvalue weighted by atomic mass is 32.2. The smallest absolute Gasteiger partial charge is 0.0589 e. The first-order valence-corrected chi connectivity index (χ1v) is 8.58. The molecule has 0 amide bonds. The van der Waals surface area contributed by atoms with Crippen LogP contribution in [-0.4, -0.2) is 55.8 Å². The summed E-state index contributed by atoms with van der Waals surface area (Å²) >= 11 is 1.92. The van der Waals surface area contributed by atoms with E-state index in [0.717, 1.165) is 19.7 Å². The number of hydrogen-bond acceptors (Lipinski definition) is 4. The molecule has 0 rings (SSSR count). The largest absolute Gasteiger partial charge is 0.383 e. The molecule has 110 valence electrons. The van der Waals surface area contributed by atoms with Crippen molar-refractivity contribution < 1.29 is 4.74 Å². The van der Waals surface area contributed by atoms with Crippen LogP contribution in [0.2, 0.25) is 0 Å². The zero-order valence-electron chi connectivity index (χ0n) is 12.7. The fraction of sp³-hybridized carbons (Fsp3) is 1.00. The van der Waals surface area contributed by atoms with Crippen molar-refractivity contribution in [1.82, 2.24) is 4.90 Å². The second-order valence-electron chi connectivity index (χ2n) is 4.73. The van der Waals surface area contributed by atoms with Crippen molar-refractivity contribution >= 4 is 11.8 Å². The molecule has 0 saturated heterocycles. The number of thioether (sulfide) groups is 1. The third-order valence-corrected chi connectivity index (χ3v) is 4.29. The van der Waals surface area contributed by atoms with Gasteiger partial charge < -0.3 is 10.5 Å². The van der Waals surface area contributed by atoms with Crippen LogP contribution in [0.25, 0.3) is 0 Å². The Kier molecular flexibility index (Phi) is 12.4. The molecule has 18 heavy (non-hydrogen) atoms. The van der Waals surface area contributed by atoms with E-state index in [-0.39, 0.29) is 0 Å². The van der Waals surface area contributed by atoms with Gasteiger partial charge in [0.2, 0.25) is 0 Å². The summed E-state index contributed by atoms with van der Waals surface area (Å²) in [5, 5.41) is 0. The van der Waals surface area contributed by atoms with Crippen LogP contribution in [0.15, 0.2) is 0 Å². The average Bonchev–Trinajstić information content (AvgIpc) is 2.40. The predicted octanol–water partition coefficient (Wildman–Crippen LogP) is 2.59. The normalized spacial score (nSPS) is 13.5. The first kappa shape index (κ1) is 18.2. The molecule has 0 aromatic carbocycles. The molecule has 2 N–H and O–H groups in total. The van der Waals surface area contributed by atoms with Gasteiger partial charge >= 0.3 is 0 Å². The lowest BCUT2D eigenvalue weighted by Gasteiger charge is -2.37. The van der Waals surface area contributed by atoms with Crippen molar-refractivity contribution in [3.8, 4) is 0 Å². The lowest BCUT2D eigenvalue weighted by molar-refractivity contribution is 0.0783. The Hall–Kier alpha value is 0.230. The van der Waals surface area contributed by atoms with Crippen LogP contribution in [0.4, 0.5) is 0 Å². The zero-order valence-corrected chi connectivity index (χ0v) is 13.5. The minimum absolute atomic E-state index is 0.511. The third kappa shape index (κ3) is 6.98. The van der Waals surface area contributed by atoms with Crippen LogP contribution in [0.1, 0.15) is 39.5 Å². The highest BCUT2D eigenvalue weighted by Crippen LogP contribution is 2.16. The summed E-state index contributed by atoms with van der Waals surface area (Å²) in [7, 11) is 1.77. The Labute approximate surface area is 118 Å². The van der Waals surface area contributed by atoms with Gasteiger partial charge in [0.25, 0.3) is 0 Å². The molecule has 0 saturated carbocycles. The zero-order chi connectivity index (χ0) is 13.8. The summed E-state index contributed by atoms with van der Waals surface area (Å²) in [6, 6.07) is 1.15. The van der Waals surface area contributed by atoms with E-state index in [4.69, 9.17) is 10.5 Å². The maximum Gasteiger partial charge on any atom is 0.0589 e. The van der Waals surface area contributed by atoms with Gasteiger partial charge in [-0.2, -0.15) is 11.8 Å². The van der Waals surface area contributed by atoms with Crippen LogP contribution in [0, 0.1) is 0 Å². The van der Waals surface area contributed by atoms with Gasteiger partial charge in [-0.15, -0.1) is 0 Å². The molecule has 0 spiro atoms. The van der Waals surface area contributed by atoms with Crippen molar-refractivity contribution in [2.45, 2.75) is 51.6 Å². The van der Waals surface area contributed by atoms with Crippen molar-refractivity contribution in [2.24, 2.45) is 5.73 Å². The number of methoxy groups -OCH3 is 1. The quantitative estimate of drug-likeness (QED) is 0.556. The molecule has 0 bridgehead atoms. The number of ether oxygens (including phenoxy) is 1. The molecular weight excluding hydrogens is 244 g/mol. The Morgan fingerprint density at radius 2 is 1.89 bits per heavy atom. The minimum atomic E-state index is 0.511. The second kappa shape index (κ2) is 12.3. The molecule has 0 aliphatic heterocycles. The summed E-state index contributed by atoms with van der Waals surface area (Å²) in [5.41, 5.74) is 5.99. The van der Waals surface area contributed by atoms with Gasteiger partial charge in [0.15, 0.2) is 0 Å². The maximum atomic E-state index is 5.99. The van der Waals surface area contributed by atoms with E-state index in [0.29, 0.717) is 12.1 Å². The third-order valence-electron chi connectivity index (χ3n) is 3.59. The van der Waals surface area contributed by atoms with Crippen molar-refractivity contribution in [3.05, 3.63) is 0 Å². The topological polar surface area (TPSA) is 38.5 Å². The summed E-state index contributed by atoms with van der Waals surface area (Å²) in [4.78, 5) is 2.57. The van der Waals surface area contributed by atoms with Gasteiger partial charge in [-0.25, -0.2) is 0 Å². The predicted molar refractivity (Wildman–Crippen MR) is 83.4 cm³/mol. The van der Waals surface area contributed by atoms with E-state index in [1.54, 1.807) is 7.11 Å². The molecular formula is C14H32N2OS. The Morgan fingerprint density at radius 1 is 1.22 bits per heavy atom. The number of nitrogens with two attached hydrogens (primary N) is 1. The minimum Gasteiger partial charge on any atom is -0.383 e. The van der Waals surface area contributed by atoms with E-state index in [9.17, 15) is 0 Å². The monoisotopic (exact) mass is 276 g/mol. The molecule has 0 aromatic heterocycles. The Bertz CT molecular complexity index is 177. The van der Waals surface area contributed by atoms with Crippen LogP contribution >= 0.6 is 11.8 Å². The van der Waals surface area contributed by atoms with E-state index in [1.807, 2.05) is 11.8 Å². The van der Waals surface area contributed by atoms with Gasteiger partial charge in [0.05, 0.1) is 6.61 Å². The molecule has 0 aromatic rings. The lowest BCUT2D eigenvalue weighted by Crippen LogP contribution is -2.48. The first-order chi connectivity index (χ1) is 8.74. The highest BCUT2D eigenvalue weighted by Gasteiger charge is 2.22. The standard InChI is InChI=1S/C14H32N2OS/c1-5-13(6-2)16(9-10-17-3)14(12-15)8-7-11-18-4/h13-14H,5-12,15H2,1-4H3. The maximum absolute atomic E-state index is 5.99. The summed E-state index contributed by atoms with van der Waals surface area (Å²) < 4.78 is 5.25. The Morgan fingerprint density at radius 3 is 2.33 bits per heavy atom. The van der Waals surface area contributed by atoms with Crippen LogP contribution in [0.3, 0.4) is 0 Å². The molecule has 0 fully saturated rings.